The molecule has 0 atom stereocenters. The largest absolute Gasteiger partial charge is 0.378 e. The highest BCUT2D eigenvalue weighted by Gasteiger charge is 2.17. The maximum atomic E-state index is 5.39. The van der Waals surface area contributed by atoms with Crippen LogP contribution in [0.4, 0.5) is 11.8 Å². The van der Waals surface area contributed by atoms with Crippen molar-refractivity contribution in [2.45, 2.75) is 38.6 Å². The zero-order valence-electron chi connectivity index (χ0n) is 13.0. The van der Waals surface area contributed by atoms with Gasteiger partial charge in [0, 0.05) is 30.9 Å². The number of hydrogen-bond acceptors (Lipinski definition) is 5. The lowest BCUT2D eigenvalue weighted by atomic mass is 10.3. The van der Waals surface area contributed by atoms with E-state index in [4.69, 9.17) is 17.0 Å². The first-order valence-corrected chi connectivity index (χ1v) is 8.37. The summed E-state index contributed by atoms with van der Waals surface area (Å²) in [6.07, 6.45) is 4.94. The van der Waals surface area contributed by atoms with Crippen molar-refractivity contribution in [1.82, 2.24) is 15.3 Å². The molecular weight excluding hydrogens is 298 g/mol. The van der Waals surface area contributed by atoms with E-state index in [1.807, 2.05) is 13.0 Å². The van der Waals surface area contributed by atoms with Crippen molar-refractivity contribution in [3.8, 4) is 0 Å². The molecule has 2 fully saturated rings. The van der Waals surface area contributed by atoms with Gasteiger partial charge in [-0.25, -0.2) is 4.98 Å². The Morgan fingerprint density at radius 1 is 1.27 bits per heavy atom. The van der Waals surface area contributed by atoms with Gasteiger partial charge in [-0.3, -0.25) is 0 Å². The van der Waals surface area contributed by atoms with E-state index in [0.717, 1.165) is 37.8 Å². The van der Waals surface area contributed by atoms with Crippen molar-refractivity contribution in [1.29, 1.82) is 0 Å². The predicted octanol–water partition coefficient (Wildman–Crippen LogP) is 1.85. The maximum absolute atomic E-state index is 5.39. The topological polar surface area (TPSA) is 62.3 Å². The lowest BCUT2D eigenvalue weighted by Crippen LogP contribution is -2.38. The lowest BCUT2D eigenvalue weighted by Gasteiger charge is -2.28. The van der Waals surface area contributed by atoms with Crippen molar-refractivity contribution < 1.29 is 4.74 Å². The van der Waals surface area contributed by atoms with Gasteiger partial charge < -0.3 is 20.3 Å². The minimum atomic E-state index is 0.489. The molecule has 0 amide bonds. The molecule has 1 aliphatic heterocycles. The number of nitrogens with one attached hydrogen (secondary N) is 2. The van der Waals surface area contributed by atoms with E-state index in [2.05, 4.69) is 25.5 Å². The van der Waals surface area contributed by atoms with E-state index in [1.54, 1.807) is 0 Å². The molecule has 2 N–H and O–H groups in total. The smallest absolute Gasteiger partial charge is 0.231 e. The fourth-order valence-corrected chi connectivity index (χ4v) is 3.21. The third kappa shape index (κ3) is 4.04. The predicted molar refractivity (Wildman–Crippen MR) is 91.4 cm³/mol. The first-order valence-electron chi connectivity index (χ1n) is 7.96. The second-order valence-electron chi connectivity index (χ2n) is 5.87. The van der Waals surface area contributed by atoms with E-state index >= 15 is 0 Å². The Hall–Kier alpha value is -1.47. The van der Waals surface area contributed by atoms with Crippen LogP contribution in [-0.4, -0.2) is 47.4 Å². The highest BCUT2D eigenvalue weighted by atomic mass is 32.1. The van der Waals surface area contributed by atoms with Crippen LogP contribution in [0.3, 0.4) is 0 Å². The summed E-state index contributed by atoms with van der Waals surface area (Å²) < 4.78 is 5.39. The SMILES string of the molecule is Cc1cc(N2CCOCC2)nc(NC(=S)NC2CCCC2)n1. The fourth-order valence-electron chi connectivity index (χ4n) is 2.96. The number of ether oxygens (including phenoxy) is 1. The van der Waals surface area contributed by atoms with E-state index in [9.17, 15) is 0 Å². The molecule has 0 aromatic carbocycles. The van der Waals surface area contributed by atoms with Crippen LogP contribution < -0.4 is 15.5 Å². The number of thiocarbonyl (C=S) groups is 1. The molecule has 1 aliphatic carbocycles. The molecule has 0 unspecified atom stereocenters. The van der Waals surface area contributed by atoms with Crippen LogP contribution in [0.1, 0.15) is 31.4 Å². The molecule has 6 nitrogen and oxygen atoms in total. The first-order chi connectivity index (χ1) is 10.7. The van der Waals surface area contributed by atoms with Crippen molar-refractivity contribution in [3.05, 3.63) is 11.8 Å². The number of anilines is 2. The minimum absolute atomic E-state index is 0.489. The molecule has 1 saturated heterocycles. The van der Waals surface area contributed by atoms with Crippen molar-refractivity contribution in [2.24, 2.45) is 0 Å². The van der Waals surface area contributed by atoms with Crippen LogP contribution >= 0.6 is 12.2 Å². The van der Waals surface area contributed by atoms with Crippen LogP contribution in [0.2, 0.25) is 0 Å². The Bertz CT molecular complexity index is 527. The van der Waals surface area contributed by atoms with Gasteiger partial charge in [-0.2, -0.15) is 4.98 Å². The van der Waals surface area contributed by atoms with Crippen LogP contribution in [0, 0.1) is 6.92 Å². The molecule has 1 saturated carbocycles. The van der Waals surface area contributed by atoms with Crippen molar-refractivity contribution >= 4 is 29.1 Å². The number of nitrogens with zero attached hydrogens (tertiary/aromatic N) is 3. The average Bonchev–Trinajstić information content (AvgIpc) is 3.00. The third-order valence-electron chi connectivity index (χ3n) is 4.09. The molecule has 3 rings (SSSR count). The minimum Gasteiger partial charge on any atom is -0.378 e. The summed E-state index contributed by atoms with van der Waals surface area (Å²) in [5.41, 5.74) is 0.933. The Kier molecular flexibility index (Phi) is 5.04. The third-order valence-corrected chi connectivity index (χ3v) is 4.31. The molecule has 2 heterocycles. The molecule has 22 heavy (non-hydrogen) atoms. The molecule has 0 radical (unpaired) electrons. The van der Waals surface area contributed by atoms with E-state index in [-0.39, 0.29) is 0 Å². The van der Waals surface area contributed by atoms with Gasteiger partial charge in [-0.1, -0.05) is 12.8 Å². The van der Waals surface area contributed by atoms with Gasteiger partial charge in [0.2, 0.25) is 5.95 Å². The normalized spacial score (nSPS) is 19.2. The van der Waals surface area contributed by atoms with Gasteiger partial charge in [-0.05, 0) is 32.0 Å². The van der Waals surface area contributed by atoms with Gasteiger partial charge in [0.1, 0.15) is 5.82 Å². The van der Waals surface area contributed by atoms with Crippen LogP contribution in [0.25, 0.3) is 0 Å². The fraction of sp³-hybridized carbons (Fsp3) is 0.667. The summed E-state index contributed by atoms with van der Waals surface area (Å²) in [7, 11) is 0. The van der Waals surface area contributed by atoms with E-state index in [1.165, 1.54) is 25.7 Å². The summed E-state index contributed by atoms with van der Waals surface area (Å²) in [6, 6.07) is 2.49. The van der Waals surface area contributed by atoms with Gasteiger partial charge in [0.05, 0.1) is 13.2 Å². The average molecular weight is 321 g/mol. The number of morpholine rings is 1. The summed E-state index contributed by atoms with van der Waals surface area (Å²) in [4.78, 5) is 11.2. The van der Waals surface area contributed by atoms with Crippen LogP contribution in [-0.2, 0) is 4.74 Å². The molecule has 0 spiro atoms. The summed E-state index contributed by atoms with van der Waals surface area (Å²) >= 11 is 5.38. The van der Waals surface area contributed by atoms with E-state index in [0.29, 0.717) is 17.1 Å². The molecule has 1 aromatic rings. The van der Waals surface area contributed by atoms with E-state index < -0.39 is 0 Å². The molecule has 7 heteroatoms. The number of rotatable bonds is 3. The molecule has 1 aromatic heterocycles. The number of hydrogen-bond donors (Lipinski definition) is 2. The Morgan fingerprint density at radius 2 is 2.00 bits per heavy atom. The Balaban J connectivity index is 1.64. The van der Waals surface area contributed by atoms with Crippen molar-refractivity contribution in [3.63, 3.8) is 0 Å². The zero-order chi connectivity index (χ0) is 15.4. The quantitative estimate of drug-likeness (QED) is 0.824. The Labute approximate surface area is 136 Å². The summed E-state index contributed by atoms with van der Waals surface area (Å²) in [6.45, 7) is 5.19. The van der Waals surface area contributed by atoms with Gasteiger partial charge in [0.15, 0.2) is 5.11 Å². The molecule has 0 bridgehead atoms. The molecular formula is C15H23N5OS. The first kappa shape index (κ1) is 15.4. The molecule has 2 aliphatic rings. The van der Waals surface area contributed by atoms with Gasteiger partial charge in [-0.15, -0.1) is 0 Å². The lowest BCUT2D eigenvalue weighted by molar-refractivity contribution is 0.122. The maximum Gasteiger partial charge on any atom is 0.231 e. The number of aryl methyl sites for hydroxylation is 1. The second kappa shape index (κ2) is 7.19. The number of aromatic nitrogens is 2. The van der Waals surface area contributed by atoms with Crippen molar-refractivity contribution in [2.75, 3.05) is 36.5 Å². The standard InChI is InChI=1S/C15H23N5OS/c1-11-10-13(20-6-8-21-9-7-20)18-14(16-11)19-15(22)17-12-4-2-3-5-12/h10,12H,2-9H2,1H3,(H2,16,17,18,19,22). The highest BCUT2D eigenvalue weighted by Crippen LogP contribution is 2.18. The summed E-state index contributed by atoms with van der Waals surface area (Å²) in [5.74, 6) is 1.50. The van der Waals surface area contributed by atoms with Crippen LogP contribution in [0.5, 0.6) is 0 Å². The van der Waals surface area contributed by atoms with Gasteiger partial charge >= 0.3 is 0 Å². The summed E-state index contributed by atoms with van der Waals surface area (Å²) in [5, 5.41) is 7.10. The molecule has 120 valence electrons. The Morgan fingerprint density at radius 3 is 2.73 bits per heavy atom. The van der Waals surface area contributed by atoms with Crippen LogP contribution in [0.15, 0.2) is 6.07 Å². The second-order valence-corrected chi connectivity index (χ2v) is 6.28. The highest BCUT2D eigenvalue weighted by molar-refractivity contribution is 7.80. The monoisotopic (exact) mass is 321 g/mol. The zero-order valence-corrected chi connectivity index (χ0v) is 13.8. The van der Waals surface area contributed by atoms with Gasteiger partial charge in [0.25, 0.3) is 0 Å².